The lowest BCUT2D eigenvalue weighted by molar-refractivity contribution is -0.139. The maximum atomic E-state index is 12.5. The summed E-state index contributed by atoms with van der Waals surface area (Å²) >= 11 is 1.48. The highest BCUT2D eigenvalue weighted by molar-refractivity contribution is 7.12. The van der Waals surface area contributed by atoms with Crippen LogP contribution in [0.25, 0.3) is 5.13 Å². The highest BCUT2D eigenvalue weighted by Crippen LogP contribution is 2.22. The van der Waals surface area contributed by atoms with Crippen molar-refractivity contribution < 1.29 is 14.7 Å². The lowest BCUT2D eigenvalue weighted by Gasteiger charge is -2.16. The van der Waals surface area contributed by atoms with E-state index in [4.69, 9.17) is 0 Å². The van der Waals surface area contributed by atoms with Crippen LogP contribution in [0.3, 0.4) is 0 Å². The third-order valence-corrected chi connectivity index (χ3v) is 4.35. The molecule has 0 aliphatic heterocycles. The summed E-state index contributed by atoms with van der Waals surface area (Å²) in [6, 6.07) is 0.880. The minimum absolute atomic E-state index is 0.180. The number of carbonyl (C=O) groups is 2. The smallest absolute Gasteiger partial charge is 0.326 e. The minimum Gasteiger partial charge on any atom is -0.480 e. The summed E-state index contributed by atoms with van der Waals surface area (Å²) in [5.41, 5.74) is 2.12. The molecule has 23 heavy (non-hydrogen) atoms. The Morgan fingerprint density at radius 3 is 2.61 bits per heavy atom. The molecule has 0 aromatic carbocycles. The molecule has 0 radical (unpaired) electrons. The van der Waals surface area contributed by atoms with E-state index in [-0.39, 0.29) is 11.8 Å². The normalized spacial score (nSPS) is 12.4. The fraction of sp³-hybridized carbons (Fsp3) is 0.438. The van der Waals surface area contributed by atoms with Crippen LogP contribution in [0.2, 0.25) is 0 Å². The Hall–Kier alpha value is -2.15. The van der Waals surface area contributed by atoms with Crippen LogP contribution in [0.1, 0.15) is 42.0 Å². The number of hydrogen-bond acceptors (Lipinski definition) is 4. The van der Waals surface area contributed by atoms with Crippen LogP contribution >= 0.6 is 11.3 Å². The third kappa shape index (κ3) is 3.79. The highest BCUT2D eigenvalue weighted by atomic mass is 32.1. The van der Waals surface area contributed by atoms with Gasteiger partial charge in [-0.3, -0.25) is 9.36 Å². The molecular formula is C16H21N3O3S. The summed E-state index contributed by atoms with van der Waals surface area (Å²) in [6.45, 7) is 7.59. The number of carbonyl (C=O) groups excluding carboxylic acids is 1. The second-order valence-corrected chi connectivity index (χ2v) is 6.80. The first-order valence-electron chi connectivity index (χ1n) is 7.43. The van der Waals surface area contributed by atoms with Crippen LogP contribution in [0.4, 0.5) is 0 Å². The average Bonchev–Trinajstić information content (AvgIpc) is 3.05. The molecular weight excluding hydrogens is 314 g/mol. The van der Waals surface area contributed by atoms with Gasteiger partial charge in [0, 0.05) is 23.0 Å². The quantitative estimate of drug-likeness (QED) is 0.850. The molecule has 1 atom stereocenters. The monoisotopic (exact) mass is 335 g/mol. The van der Waals surface area contributed by atoms with Gasteiger partial charge >= 0.3 is 5.97 Å². The molecule has 1 amide bonds. The van der Waals surface area contributed by atoms with Crippen molar-refractivity contribution in [3.63, 3.8) is 0 Å². The summed E-state index contributed by atoms with van der Waals surface area (Å²) in [6.07, 6.45) is 2.11. The Kier molecular flexibility index (Phi) is 5.20. The molecule has 0 aliphatic carbocycles. The van der Waals surface area contributed by atoms with Gasteiger partial charge in [0.25, 0.3) is 5.91 Å². The number of aryl methyl sites for hydroxylation is 1. The predicted octanol–water partition coefficient (Wildman–Crippen LogP) is 2.78. The Balaban J connectivity index is 2.26. The van der Waals surface area contributed by atoms with Crippen molar-refractivity contribution >= 4 is 23.2 Å². The largest absolute Gasteiger partial charge is 0.480 e. The molecule has 2 N–H and O–H groups in total. The molecule has 0 fully saturated rings. The van der Waals surface area contributed by atoms with Gasteiger partial charge in [-0.15, -0.1) is 11.3 Å². The van der Waals surface area contributed by atoms with Gasteiger partial charge in [-0.05, 0) is 32.3 Å². The fourth-order valence-electron chi connectivity index (χ4n) is 2.54. The van der Waals surface area contributed by atoms with Gasteiger partial charge in [0.2, 0.25) is 0 Å². The average molecular weight is 335 g/mol. The van der Waals surface area contributed by atoms with Crippen molar-refractivity contribution in [2.45, 2.75) is 40.2 Å². The van der Waals surface area contributed by atoms with Crippen molar-refractivity contribution in [2.24, 2.45) is 5.92 Å². The van der Waals surface area contributed by atoms with E-state index in [0.717, 1.165) is 16.5 Å². The number of carboxylic acids is 1. The number of aliphatic carboxylic acids is 1. The van der Waals surface area contributed by atoms with Gasteiger partial charge in [0.1, 0.15) is 6.04 Å². The van der Waals surface area contributed by atoms with E-state index in [1.165, 1.54) is 11.3 Å². The first-order chi connectivity index (χ1) is 10.8. The SMILES string of the molecule is Cc1cc(C(=O)N[C@@H](CC(C)C)C(=O)O)c(C)n1-c1nccs1. The van der Waals surface area contributed by atoms with Crippen molar-refractivity contribution in [1.29, 1.82) is 0 Å². The molecule has 2 aromatic rings. The predicted molar refractivity (Wildman–Crippen MR) is 89.3 cm³/mol. The van der Waals surface area contributed by atoms with Crippen LogP contribution in [-0.2, 0) is 4.79 Å². The molecule has 2 aromatic heterocycles. The number of thiazole rings is 1. The van der Waals surface area contributed by atoms with Crippen LogP contribution in [-0.4, -0.2) is 32.6 Å². The van der Waals surface area contributed by atoms with Crippen molar-refractivity contribution in [2.75, 3.05) is 0 Å². The summed E-state index contributed by atoms with van der Waals surface area (Å²) < 4.78 is 1.90. The minimum atomic E-state index is -1.01. The first kappa shape index (κ1) is 17.2. The van der Waals surface area contributed by atoms with Crippen LogP contribution in [0.15, 0.2) is 17.6 Å². The maximum Gasteiger partial charge on any atom is 0.326 e. The molecule has 124 valence electrons. The fourth-order valence-corrected chi connectivity index (χ4v) is 3.29. The molecule has 0 saturated carbocycles. The van der Waals surface area contributed by atoms with E-state index in [9.17, 15) is 14.7 Å². The Labute approximate surface area is 139 Å². The molecule has 0 aliphatic rings. The molecule has 0 saturated heterocycles. The van der Waals surface area contributed by atoms with E-state index in [1.54, 1.807) is 12.3 Å². The second-order valence-electron chi connectivity index (χ2n) is 5.93. The lowest BCUT2D eigenvalue weighted by atomic mass is 10.0. The van der Waals surface area contributed by atoms with E-state index in [0.29, 0.717) is 12.0 Å². The van der Waals surface area contributed by atoms with E-state index < -0.39 is 12.0 Å². The zero-order valence-electron chi connectivity index (χ0n) is 13.7. The first-order valence-corrected chi connectivity index (χ1v) is 8.31. The van der Waals surface area contributed by atoms with Crippen molar-refractivity contribution in [1.82, 2.24) is 14.9 Å². The zero-order valence-corrected chi connectivity index (χ0v) is 14.5. The Bertz CT molecular complexity index is 704. The Morgan fingerprint density at radius 2 is 2.09 bits per heavy atom. The molecule has 2 heterocycles. The second kappa shape index (κ2) is 6.95. The molecule has 2 rings (SSSR count). The Morgan fingerprint density at radius 1 is 1.39 bits per heavy atom. The molecule has 0 spiro atoms. The van der Waals surface area contributed by atoms with E-state index in [1.807, 2.05) is 37.6 Å². The lowest BCUT2D eigenvalue weighted by Crippen LogP contribution is -2.41. The van der Waals surface area contributed by atoms with Gasteiger partial charge in [-0.25, -0.2) is 9.78 Å². The highest BCUT2D eigenvalue weighted by Gasteiger charge is 2.24. The molecule has 7 heteroatoms. The van der Waals surface area contributed by atoms with Crippen LogP contribution in [0.5, 0.6) is 0 Å². The number of nitrogens with one attached hydrogen (secondary N) is 1. The molecule has 0 bridgehead atoms. The van der Waals surface area contributed by atoms with Gasteiger partial charge in [0.05, 0.1) is 5.56 Å². The van der Waals surface area contributed by atoms with Crippen LogP contribution < -0.4 is 5.32 Å². The van der Waals surface area contributed by atoms with E-state index in [2.05, 4.69) is 10.3 Å². The number of aromatic nitrogens is 2. The van der Waals surface area contributed by atoms with Gasteiger partial charge in [0.15, 0.2) is 5.13 Å². The summed E-state index contributed by atoms with van der Waals surface area (Å²) in [7, 11) is 0. The van der Waals surface area contributed by atoms with E-state index >= 15 is 0 Å². The summed E-state index contributed by atoms with van der Waals surface area (Å²) in [4.78, 5) is 28.1. The topological polar surface area (TPSA) is 84.2 Å². The van der Waals surface area contributed by atoms with Crippen molar-refractivity contribution in [3.8, 4) is 5.13 Å². The number of hydrogen-bond donors (Lipinski definition) is 2. The molecule has 0 unspecified atom stereocenters. The maximum absolute atomic E-state index is 12.5. The van der Waals surface area contributed by atoms with Gasteiger partial charge < -0.3 is 10.4 Å². The van der Waals surface area contributed by atoms with Gasteiger partial charge in [-0.1, -0.05) is 13.8 Å². The van der Waals surface area contributed by atoms with Gasteiger partial charge in [-0.2, -0.15) is 0 Å². The summed E-state index contributed by atoms with van der Waals surface area (Å²) in [5.74, 6) is -1.20. The number of carboxylic acid groups (broad SMARTS) is 1. The standard InChI is InChI=1S/C16H21N3O3S/c1-9(2)7-13(15(21)22)18-14(20)12-8-10(3)19(11(12)4)16-17-5-6-23-16/h5-6,8-9,13H,7H2,1-4H3,(H,18,20)(H,21,22)/t13-/m0/s1. The van der Waals surface area contributed by atoms with Crippen LogP contribution in [0, 0.1) is 19.8 Å². The summed E-state index contributed by atoms with van der Waals surface area (Å²) in [5, 5.41) is 14.6. The molecule has 6 nitrogen and oxygen atoms in total. The van der Waals surface area contributed by atoms with Crippen molar-refractivity contribution in [3.05, 3.63) is 34.6 Å². The number of nitrogens with zero attached hydrogens (tertiary/aromatic N) is 2. The number of amides is 1. The number of rotatable bonds is 6. The third-order valence-electron chi connectivity index (χ3n) is 3.60. The zero-order chi connectivity index (χ0) is 17.1.